The molecule has 2 N–H and O–H groups in total. The Balaban J connectivity index is 1.72. The maximum absolute atomic E-state index is 14.2. The fourth-order valence-electron chi connectivity index (χ4n) is 3.43. The van der Waals surface area contributed by atoms with Crippen molar-refractivity contribution in [2.24, 2.45) is 7.05 Å². The van der Waals surface area contributed by atoms with Crippen LogP contribution in [0.3, 0.4) is 0 Å². The van der Waals surface area contributed by atoms with E-state index in [9.17, 15) is 4.39 Å². The zero-order valence-corrected chi connectivity index (χ0v) is 18.9. The van der Waals surface area contributed by atoms with Gasteiger partial charge in [0.05, 0.1) is 24.0 Å². The molecule has 1 atom stereocenters. The second kappa shape index (κ2) is 8.80. The van der Waals surface area contributed by atoms with Gasteiger partial charge in [-0.2, -0.15) is 15.5 Å². The highest BCUT2D eigenvalue weighted by atomic mass is 79.9. The molecule has 8 nitrogen and oxygen atoms in total. The number of nitrogens with zero attached hydrogens (tertiary/aromatic N) is 6. The highest BCUT2D eigenvalue weighted by Crippen LogP contribution is 2.34. The summed E-state index contributed by atoms with van der Waals surface area (Å²) in [6.45, 7) is 2.22. The van der Waals surface area contributed by atoms with Gasteiger partial charge in [-0.05, 0) is 47.1 Å². The maximum Gasteiger partial charge on any atom is 0.166 e. The maximum atomic E-state index is 14.2. The van der Waals surface area contributed by atoms with E-state index in [-0.39, 0.29) is 11.6 Å². The molecule has 162 valence electrons. The first-order valence-electron chi connectivity index (χ1n) is 9.66. The number of aromatic nitrogens is 5. The Hall–Kier alpha value is -3.71. The lowest BCUT2D eigenvalue weighted by Crippen LogP contribution is -2.09. The van der Waals surface area contributed by atoms with Crippen molar-refractivity contribution in [3.8, 4) is 23.1 Å². The Morgan fingerprint density at radius 3 is 2.84 bits per heavy atom. The van der Waals surface area contributed by atoms with E-state index in [4.69, 9.17) is 15.7 Å². The van der Waals surface area contributed by atoms with Gasteiger partial charge in [0.1, 0.15) is 18.0 Å². The second-order valence-electron chi connectivity index (χ2n) is 7.24. The van der Waals surface area contributed by atoms with Crippen molar-refractivity contribution < 1.29 is 9.13 Å². The number of halogens is 2. The van der Waals surface area contributed by atoms with Gasteiger partial charge in [0.2, 0.25) is 0 Å². The zero-order valence-electron chi connectivity index (χ0n) is 17.3. The van der Waals surface area contributed by atoms with Gasteiger partial charge >= 0.3 is 0 Å². The molecule has 0 fully saturated rings. The molecule has 1 aromatic carbocycles. The molecule has 4 aromatic rings. The molecule has 10 heteroatoms. The molecule has 0 aliphatic carbocycles. The highest BCUT2D eigenvalue weighted by Gasteiger charge is 2.21. The lowest BCUT2D eigenvalue weighted by atomic mass is 9.98. The first-order chi connectivity index (χ1) is 15.3. The summed E-state index contributed by atoms with van der Waals surface area (Å²) in [5.41, 5.74) is 9.29. The van der Waals surface area contributed by atoms with Crippen molar-refractivity contribution in [1.82, 2.24) is 24.5 Å². The third kappa shape index (κ3) is 4.48. The normalized spacial score (nSPS) is 11.8. The van der Waals surface area contributed by atoms with E-state index >= 15 is 0 Å². The molecule has 0 radical (unpaired) electrons. The van der Waals surface area contributed by atoms with Crippen molar-refractivity contribution in [3.63, 3.8) is 0 Å². The van der Waals surface area contributed by atoms with Crippen LogP contribution in [0.5, 0.6) is 5.75 Å². The fraction of sp³-hybridized carbons (Fsp3) is 0.182. The van der Waals surface area contributed by atoms with Crippen molar-refractivity contribution in [2.45, 2.75) is 19.6 Å². The Kier molecular flexibility index (Phi) is 5.92. The Labute approximate surface area is 192 Å². The molecule has 0 spiro atoms. The van der Waals surface area contributed by atoms with E-state index in [0.29, 0.717) is 29.1 Å². The number of hydrogen-bond acceptors (Lipinski definition) is 6. The topological polar surface area (TPSA) is 108 Å². The summed E-state index contributed by atoms with van der Waals surface area (Å²) in [4.78, 5) is 4.08. The number of nitriles is 1. The number of nitrogen functional groups attached to an aromatic ring is 1. The SMILES string of the molecule is C[C@@H](Oc1cc(Br)cnc1N)c1cc(F)ccc1-c1nn(C)cc1Cn1cc(C#N)cn1. The van der Waals surface area contributed by atoms with Gasteiger partial charge in [-0.1, -0.05) is 0 Å². The number of pyridine rings is 1. The molecule has 0 aliphatic heterocycles. The van der Waals surface area contributed by atoms with Crippen LogP contribution in [0.2, 0.25) is 0 Å². The van der Waals surface area contributed by atoms with Gasteiger partial charge in [-0.15, -0.1) is 0 Å². The van der Waals surface area contributed by atoms with E-state index in [0.717, 1.165) is 15.6 Å². The average Bonchev–Trinajstić information content (AvgIpc) is 3.36. The Morgan fingerprint density at radius 2 is 2.09 bits per heavy atom. The summed E-state index contributed by atoms with van der Waals surface area (Å²) in [5.74, 6) is 0.246. The quantitative estimate of drug-likeness (QED) is 0.428. The molecule has 0 saturated heterocycles. The molecule has 0 saturated carbocycles. The van der Waals surface area contributed by atoms with Crippen LogP contribution in [0.15, 0.2) is 53.5 Å². The summed E-state index contributed by atoms with van der Waals surface area (Å²) >= 11 is 3.36. The minimum atomic E-state index is -0.538. The molecule has 4 rings (SSSR count). The molecule has 3 aromatic heterocycles. The molecule has 0 unspecified atom stereocenters. The number of aryl methyl sites for hydroxylation is 1. The van der Waals surface area contributed by atoms with Gasteiger partial charge in [-0.3, -0.25) is 9.36 Å². The molecule has 0 aliphatic rings. The van der Waals surface area contributed by atoms with Crippen LogP contribution in [0, 0.1) is 17.1 Å². The summed E-state index contributed by atoms with van der Waals surface area (Å²) in [7, 11) is 1.81. The number of hydrogen-bond donors (Lipinski definition) is 1. The van der Waals surface area contributed by atoms with Crippen molar-refractivity contribution in [3.05, 3.63) is 76.0 Å². The Bertz CT molecular complexity index is 1320. The summed E-state index contributed by atoms with van der Waals surface area (Å²) < 4.78 is 24.3. The van der Waals surface area contributed by atoms with Crippen LogP contribution in [0.1, 0.15) is 29.7 Å². The third-order valence-electron chi connectivity index (χ3n) is 4.86. The molecule has 0 amide bonds. The second-order valence-corrected chi connectivity index (χ2v) is 8.16. The monoisotopic (exact) mass is 495 g/mol. The fourth-order valence-corrected chi connectivity index (χ4v) is 3.74. The van der Waals surface area contributed by atoms with E-state index in [1.807, 2.05) is 20.2 Å². The van der Waals surface area contributed by atoms with Crippen LogP contribution >= 0.6 is 15.9 Å². The Morgan fingerprint density at radius 1 is 1.28 bits per heavy atom. The molecule has 32 heavy (non-hydrogen) atoms. The third-order valence-corrected chi connectivity index (χ3v) is 5.29. The van der Waals surface area contributed by atoms with E-state index in [1.165, 1.54) is 18.3 Å². The minimum absolute atomic E-state index is 0.239. The van der Waals surface area contributed by atoms with E-state index < -0.39 is 6.10 Å². The summed E-state index contributed by atoms with van der Waals surface area (Å²) in [6, 6.07) is 8.29. The number of ether oxygens (including phenoxy) is 1. The molecular formula is C22H19BrFN7O. The van der Waals surface area contributed by atoms with E-state index in [1.54, 1.807) is 33.9 Å². The summed E-state index contributed by atoms with van der Waals surface area (Å²) in [5, 5.41) is 17.9. The standard InChI is InChI=1S/C22H19BrFN7O/c1-13(32-20-5-16(23)9-27-22(20)26)19-6-17(24)3-4-18(19)21-15(11-30(2)29-21)12-31-10-14(7-25)8-28-31/h3-6,8-11,13H,12H2,1-2H3,(H2,26,27)/t13-/m1/s1. The first kappa shape index (κ1) is 21.5. The lowest BCUT2D eigenvalue weighted by Gasteiger charge is -2.19. The average molecular weight is 496 g/mol. The zero-order chi connectivity index (χ0) is 22.8. The predicted molar refractivity (Wildman–Crippen MR) is 120 cm³/mol. The molecule has 3 heterocycles. The van der Waals surface area contributed by atoms with Crippen LogP contribution < -0.4 is 10.5 Å². The number of benzene rings is 1. The van der Waals surface area contributed by atoms with Crippen molar-refractivity contribution >= 4 is 21.7 Å². The predicted octanol–water partition coefficient (Wildman–Crippen LogP) is 4.22. The van der Waals surface area contributed by atoms with Crippen LogP contribution in [0.4, 0.5) is 10.2 Å². The van der Waals surface area contributed by atoms with Crippen LogP contribution in [-0.4, -0.2) is 24.5 Å². The van der Waals surface area contributed by atoms with E-state index in [2.05, 4.69) is 37.2 Å². The molecule has 0 bridgehead atoms. The van der Waals surface area contributed by atoms with Crippen molar-refractivity contribution in [1.29, 1.82) is 5.26 Å². The number of rotatable bonds is 6. The highest BCUT2D eigenvalue weighted by molar-refractivity contribution is 9.10. The van der Waals surface area contributed by atoms with Crippen LogP contribution in [-0.2, 0) is 13.6 Å². The smallest absolute Gasteiger partial charge is 0.166 e. The lowest BCUT2D eigenvalue weighted by molar-refractivity contribution is 0.227. The largest absolute Gasteiger partial charge is 0.482 e. The first-order valence-corrected chi connectivity index (χ1v) is 10.5. The van der Waals surface area contributed by atoms with Crippen LogP contribution in [0.25, 0.3) is 11.3 Å². The van der Waals surface area contributed by atoms with Gasteiger partial charge in [0.25, 0.3) is 0 Å². The van der Waals surface area contributed by atoms with Gasteiger partial charge in [0, 0.05) is 46.8 Å². The van der Waals surface area contributed by atoms with Gasteiger partial charge in [0.15, 0.2) is 11.6 Å². The number of anilines is 1. The van der Waals surface area contributed by atoms with Gasteiger partial charge < -0.3 is 10.5 Å². The number of nitrogens with two attached hydrogens (primary N) is 1. The summed E-state index contributed by atoms with van der Waals surface area (Å²) in [6.07, 6.45) is 6.08. The van der Waals surface area contributed by atoms with Gasteiger partial charge in [-0.25, -0.2) is 9.37 Å². The minimum Gasteiger partial charge on any atom is -0.482 e. The van der Waals surface area contributed by atoms with Crippen molar-refractivity contribution in [2.75, 3.05) is 5.73 Å². The molecular weight excluding hydrogens is 477 g/mol.